The van der Waals surface area contributed by atoms with Crippen LogP contribution < -0.4 is 15.4 Å². The number of hydrogen-bond acceptors (Lipinski definition) is 3. The number of halogens is 2. The summed E-state index contributed by atoms with van der Waals surface area (Å²) in [5, 5.41) is 8.19. The Kier molecular flexibility index (Phi) is 7.99. The van der Waals surface area contributed by atoms with Crippen molar-refractivity contribution in [1.29, 1.82) is 0 Å². The quantitative estimate of drug-likeness (QED) is 0.491. The molecule has 0 amide bonds. The SMILES string of the molecule is COc1ccc(NC(=S)NCCSCc2ccccc2Cl)cc1Cl. The van der Waals surface area contributed by atoms with Gasteiger partial charge in [-0.15, -0.1) is 0 Å². The first-order valence-corrected chi connectivity index (χ1v) is 9.61. The van der Waals surface area contributed by atoms with Crippen LogP contribution in [0, 0.1) is 0 Å². The zero-order chi connectivity index (χ0) is 17.4. The van der Waals surface area contributed by atoms with Gasteiger partial charge in [0.2, 0.25) is 0 Å². The Labute approximate surface area is 162 Å². The fourth-order valence-electron chi connectivity index (χ4n) is 1.95. The molecule has 128 valence electrons. The van der Waals surface area contributed by atoms with Crippen LogP contribution in [0.3, 0.4) is 0 Å². The minimum atomic E-state index is 0.542. The summed E-state index contributed by atoms with van der Waals surface area (Å²) in [7, 11) is 1.58. The van der Waals surface area contributed by atoms with Crippen molar-refractivity contribution in [3.63, 3.8) is 0 Å². The predicted molar refractivity (Wildman–Crippen MR) is 110 cm³/mol. The molecule has 0 atom stereocenters. The normalized spacial score (nSPS) is 10.3. The minimum absolute atomic E-state index is 0.542. The number of methoxy groups -OCH3 is 1. The van der Waals surface area contributed by atoms with Gasteiger partial charge >= 0.3 is 0 Å². The van der Waals surface area contributed by atoms with Gasteiger partial charge in [-0.05, 0) is 42.0 Å². The van der Waals surface area contributed by atoms with Gasteiger partial charge in [-0.3, -0.25) is 0 Å². The van der Waals surface area contributed by atoms with Crippen molar-refractivity contribution in [2.24, 2.45) is 0 Å². The van der Waals surface area contributed by atoms with Crippen LogP contribution in [0.5, 0.6) is 5.75 Å². The first kappa shape index (κ1) is 19.2. The molecule has 0 unspecified atom stereocenters. The lowest BCUT2D eigenvalue weighted by Gasteiger charge is -2.12. The number of thiocarbonyl (C=S) groups is 1. The molecule has 2 aromatic carbocycles. The highest BCUT2D eigenvalue weighted by Crippen LogP contribution is 2.27. The number of nitrogens with one attached hydrogen (secondary N) is 2. The van der Waals surface area contributed by atoms with Gasteiger partial charge in [-0.1, -0.05) is 41.4 Å². The Morgan fingerprint density at radius 1 is 1.17 bits per heavy atom. The van der Waals surface area contributed by atoms with Crippen LogP contribution in [0.4, 0.5) is 5.69 Å². The molecule has 0 saturated heterocycles. The van der Waals surface area contributed by atoms with Crippen LogP contribution in [0.2, 0.25) is 10.0 Å². The summed E-state index contributed by atoms with van der Waals surface area (Å²) < 4.78 is 5.12. The molecule has 0 spiro atoms. The number of hydrogen-bond donors (Lipinski definition) is 2. The lowest BCUT2D eigenvalue weighted by Crippen LogP contribution is -2.30. The van der Waals surface area contributed by atoms with E-state index in [-0.39, 0.29) is 0 Å². The van der Waals surface area contributed by atoms with Crippen LogP contribution in [0.25, 0.3) is 0 Å². The van der Waals surface area contributed by atoms with Gasteiger partial charge in [0.05, 0.1) is 12.1 Å². The number of thioether (sulfide) groups is 1. The molecule has 0 aliphatic heterocycles. The molecule has 0 radical (unpaired) electrons. The van der Waals surface area contributed by atoms with Gasteiger partial charge in [-0.25, -0.2) is 0 Å². The fourth-order valence-corrected chi connectivity index (χ4v) is 3.58. The van der Waals surface area contributed by atoms with Crippen LogP contribution in [0.1, 0.15) is 5.56 Å². The molecule has 2 rings (SSSR count). The van der Waals surface area contributed by atoms with E-state index in [1.165, 1.54) is 0 Å². The molecule has 0 aliphatic rings. The van der Waals surface area contributed by atoms with Crippen LogP contribution in [0.15, 0.2) is 42.5 Å². The van der Waals surface area contributed by atoms with Gasteiger partial charge in [0.15, 0.2) is 5.11 Å². The zero-order valence-corrected chi connectivity index (χ0v) is 16.3. The van der Waals surface area contributed by atoms with E-state index in [0.717, 1.165) is 34.3 Å². The minimum Gasteiger partial charge on any atom is -0.495 e. The Balaban J connectivity index is 1.68. The molecule has 2 aromatic rings. The van der Waals surface area contributed by atoms with E-state index in [9.17, 15) is 0 Å². The van der Waals surface area contributed by atoms with E-state index in [1.807, 2.05) is 30.3 Å². The van der Waals surface area contributed by atoms with E-state index >= 15 is 0 Å². The maximum atomic E-state index is 6.13. The van der Waals surface area contributed by atoms with Crippen LogP contribution in [-0.2, 0) is 5.75 Å². The summed E-state index contributed by atoms with van der Waals surface area (Å²) in [4.78, 5) is 0. The maximum absolute atomic E-state index is 6.13. The lowest BCUT2D eigenvalue weighted by atomic mass is 10.2. The molecule has 0 aliphatic carbocycles. The topological polar surface area (TPSA) is 33.3 Å². The zero-order valence-electron chi connectivity index (χ0n) is 13.1. The van der Waals surface area contributed by atoms with Crippen molar-refractivity contribution >= 4 is 58.0 Å². The maximum Gasteiger partial charge on any atom is 0.170 e. The van der Waals surface area contributed by atoms with Gasteiger partial charge in [-0.2, -0.15) is 11.8 Å². The standard InChI is InChI=1S/C17H18Cl2N2OS2/c1-22-16-7-6-13(10-15(16)19)21-17(23)20-8-9-24-11-12-4-2-3-5-14(12)18/h2-7,10H,8-9,11H2,1H3,(H2,20,21,23). The summed E-state index contributed by atoms with van der Waals surface area (Å²) in [5.41, 5.74) is 1.97. The van der Waals surface area contributed by atoms with Gasteiger partial charge in [0.25, 0.3) is 0 Å². The number of ether oxygens (including phenoxy) is 1. The van der Waals surface area contributed by atoms with Crippen molar-refractivity contribution in [2.45, 2.75) is 5.75 Å². The Morgan fingerprint density at radius 3 is 2.67 bits per heavy atom. The highest BCUT2D eigenvalue weighted by molar-refractivity contribution is 7.98. The summed E-state index contributed by atoms with van der Waals surface area (Å²) in [6.07, 6.45) is 0. The smallest absolute Gasteiger partial charge is 0.170 e. The van der Waals surface area contributed by atoms with E-state index in [2.05, 4.69) is 10.6 Å². The van der Waals surface area contributed by atoms with E-state index < -0.39 is 0 Å². The third kappa shape index (κ3) is 6.06. The number of anilines is 1. The van der Waals surface area contributed by atoms with Gasteiger partial charge in [0.1, 0.15) is 5.75 Å². The Bertz CT molecular complexity index is 698. The van der Waals surface area contributed by atoms with Crippen LogP contribution >= 0.6 is 47.2 Å². The van der Waals surface area contributed by atoms with Crippen molar-refractivity contribution < 1.29 is 4.74 Å². The van der Waals surface area contributed by atoms with Crippen LogP contribution in [-0.4, -0.2) is 24.5 Å². The highest BCUT2D eigenvalue weighted by Gasteiger charge is 2.03. The first-order chi connectivity index (χ1) is 11.6. The third-order valence-electron chi connectivity index (χ3n) is 3.16. The molecule has 0 bridgehead atoms. The molecular weight excluding hydrogens is 383 g/mol. The van der Waals surface area contributed by atoms with Crippen molar-refractivity contribution in [3.05, 3.63) is 58.1 Å². The van der Waals surface area contributed by atoms with E-state index in [0.29, 0.717) is 15.9 Å². The second kappa shape index (κ2) is 9.99. The number of benzene rings is 2. The average molecular weight is 401 g/mol. The molecular formula is C17H18Cl2N2OS2. The monoisotopic (exact) mass is 400 g/mol. The Hall–Kier alpha value is -1.14. The molecule has 0 fully saturated rings. The molecule has 0 saturated carbocycles. The van der Waals surface area contributed by atoms with Crippen molar-refractivity contribution in [2.75, 3.05) is 24.7 Å². The van der Waals surface area contributed by atoms with E-state index in [4.69, 9.17) is 40.2 Å². The summed E-state index contributed by atoms with van der Waals surface area (Å²) in [6, 6.07) is 13.3. The molecule has 3 nitrogen and oxygen atoms in total. The van der Waals surface area contributed by atoms with Crippen molar-refractivity contribution in [1.82, 2.24) is 5.32 Å². The summed E-state index contributed by atoms with van der Waals surface area (Å²) in [5.74, 6) is 2.45. The predicted octanol–water partition coefficient (Wildman–Crippen LogP) is 5.22. The number of rotatable bonds is 7. The second-order valence-electron chi connectivity index (χ2n) is 4.87. The van der Waals surface area contributed by atoms with Gasteiger partial charge < -0.3 is 15.4 Å². The first-order valence-electron chi connectivity index (χ1n) is 7.29. The lowest BCUT2D eigenvalue weighted by molar-refractivity contribution is 0.415. The molecule has 0 aromatic heterocycles. The summed E-state index contributed by atoms with van der Waals surface area (Å²) in [6.45, 7) is 0.769. The third-order valence-corrected chi connectivity index (χ3v) is 5.08. The highest BCUT2D eigenvalue weighted by atomic mass is 35.5. The van der Waals surface area contributed by atoms with E-state index in [1.54, 1.807) is 31.0 Å². The second-order valence-corrected chi connectivity index (χ2v) is 7.20. The van der Waals surface area contributed by atoms with Gasteiger partial charge in [0, 0.05) is 28.8 Å². The Morgan fingerprint density at radius 2 is 1.96 bits per heavy atom. The molecule has 2 N–H and O–H groups in total. The molecule has 24 heavy (non-hydrogen) atoms. The molecule has 7 heteroatoms. The largest absolute Gasteiger partial charge is 0.495 e. The fraction of sp³-hybridized carbons (Fsp3) is 0.235. The average Bonchev–Trinajstić information content (AvgIpc) is 2.56. The van der Waals surface area contributed by atoms with Crippen molar-refractivity contribution in [3.8, 4) is 5.75 Å². The summed E-state index contributed by atoms with van der Waals surface area (Å²) >= 11 is 19.3. The molecule has 0 heterocycles.